The van der Waals surface area contributed by atoms with Crippen LogP contribution in [-0.2, 0) is 16.1 Å². The summed E-state index contributed by atoms with van der Waals surface area (Å²) in [6, 6.07) is 1.42. The van der Waals surface area contributed by atoms with Crippen LogP contribution in [0.1, 0.15) is 25.6 Å². The molecule has 2 rings (SSSR count). The van der Waals surface area contributed by atoms with Crippen molar-refractivity contribution >= 4 is 11.9 Å². The number of piperazine rings is 1. The van der Waals surface area contributed by atoms with Gasteiger partial charge in [0, 0.05) is 25.3 Å². The molecule has 1 aliphatic heterocycles. The van der Waals surface area contributed by atoms with Crippen LogP contribution in [0.4, 0.5) is 0 Å². The zero-order valence-electron chi connectivity index (χ0n) is 11.0. The first kappa shape index (κ1) is 13.5. The molecule has 1 aromatic heterocycles. The number of nitrogens with one attached hydrogen (secondary N) is 1. The molecule has 7 heteroatoms. The van der Waals surface area contributed by atoms with Gasteiger partial charge in [-0.05, 0) is 19.9 Å². The van der Waals surface area contributed by atoms with E-state index >= 15 is 0 Å². The molecule has 0 bridgehead atoms. The molecule has 1 fully saturated rings. The third-order valence-corrected chi connectivity index (χ3v) is 3.12. The van der Waals surface area contributed by atoms with Gasteiger partial charge in [-0.1, -0.05) is 0 Å². The Morgan fingerprint density at radius 2 is 2.37 bits per heavy atom. The van der Waals surface area contributed by atoms with Gasteiger partial charge in [0.15, 0.2) is 0 Å². The number of hydrogen-bond donors (Lipinski definition) is 2. The molecule has 19 heavy (non-hydrogen) atoms. The van der Waals surface area contributed by atoms with Crippen LogP contribution < -0.4 is 5.32 Å². The van der Waals surface area contributed by atoms with Crippen molar-refractivity contribution < 1.29 is 14.7 Å². The SMILES string of the molecule is CC(C)n1ccc(CN2CC(=O)NCC2C(=O)O)n1. The Labute approximate surface area is 111 Å². The Hall–Kier alpha value is -1.89. The summed E-state index contributed by atoms with van der Waals surface area (Å²) < 4.78 is 1.81. The molecule has 0 aromatic carbocycles. The molecule has 0 radical (unpaired) electrons. The summed E-state index contributed by atoms with van der Waals surface area (Å²) in [6.07, 6.45) is 1.86. The maximum absolute atomic E-state index is 11.4. The van der Waals surface area contributed by atoms with E-state index in [9.17, 15) is 9.59 Å². The zero-order chi connectivity index (χ0) is 14.0. The second kappa shape index (κ2) is 5.40. The van der Waals surface area contributed by atoms with Crippen LogP contribution in [0.5, 0.6) is 0 Å². The van der Waals surface area contributed by atoms with Crippen LogP contribution in [0.15, 0.2) is 12.3 Å². The Kier molecular flexibility index (Phi) is 3.84. The van der Waals surface area contributed by atoms with E-state index in [1.165, 1.54) is 0 Å². The minimum Gasteiger partial charge on any atom is -0.480 e. The normalized spacial score (nSPS) is 20.6. The van der Waals surface area contributed by atoms with Crippen molar-refractivity contribution in [1.82, 2.24) is 20.0 Å². The molecule has 1 atom stereocenters. The first-order chi connectivity index (χ1) is 8.97. The number of carboxylic acids is 1. The van der Waals surface area contributed by atoms with Crippen LogP contribution in [0.3, 0.4) is 0 Å². The highest BCUT2D eigenvalue weighted by atomic mass is 16.4. The number of carboxylic acid groups (broad SMARTS) is 1. The van der Waals surface area contributed by atoms with Gasteiger partial charge in [-0.25, -0.2) is 0 Å². The van der Waals surface area contributed by atoms with Crippen LogP contribution in [0, 0.1) is 0 Å². The summed E-state index contributed by atoms with van der Waals surface area (Å²) in [5.74, 6) is -1.08. The molecule has 0 saturated carbocycles. The van der Waals surface area contributed by atoms with Crippen LogP contribution in [-0.4, -0.2) is 50.8 Å². The van der Waals surface area contributed by atoms with Crippen molar-refractivity contribution in [3.05, 3.63) is 18.0 Å². The molecule has 1 amide bonds. The largest absolute Gasteiger partial charge is 0.480 e. The lowest BCUT2D eigenvalue weighted by Crippen LogP contribution is -2.57. The van der Waals surface area contributed by atoms with E-state index in [1.54, 1.807) is 4.90 Å². The predicted molar refractivity (Wildman–Crippen MR) is 67.5 cm³/mol. The average molecular weight is 266 g/mol. The van der Waals surface area contributed by atoms with Gasteiger partial charge in [-0.2, -0.15) is 5.10 Å². The van der Waals surface area contributed by atoms with Gasteiger partial charge in [-0.15, -0.1) is 0 Å². The van der Waals surface area contributed by atoms with Gasteiger partial charge >= 0.3 is 5.97 Å². The molecule has 104 valence electrons. The van der Waals surface area contributed by atoms with E-state index in [0.29, 0.717) is 6.54 Å². The Bertz CT molecular complexity index is 483. The fraction of sp³-hybridized carbons (Fsp3) is 0.583. The monoisotopic (exact) mass is 266 g/mol. The minimum absolute atomic E-state index is 0.0888. The topological polar surface area (TPSA) is 87.5 Å². The molecular formula is C12H18N4O3. The highest BCUT2D eigenvalue weighted by Crippen LogP contribution is 2.11. The average Bonchev–Trinajstić information content (AvgIpc) is 2.77. The van der Waals surface area contributed by atoms with E-state index in [2.05, 4.69) is 10.4 Å². The van der Waals surface area contributed by atoms with E-state index in [4.69, 9.17) is 5.11 Å². The first-order valence-electron chi connectivity index (χ1n) is 6.25. The van der Waals surface area contributed by atoms with Crippen molar-refractivity contribution in [3.8, 4) is 0 Å². The highest BCUT2D eigenvalue weighted by Gasteiger charge is 2.32. The van der Waals surface area contributed by atoms with Gasteiger partial charge in [0.25, 0.3) is 0 Å². The van der Waals surface area contributed by atoms with Gasteiger partial charge in [-0.3, -0.25) is 19.2 Å². The lowest BCUT2D eigenvalue weighted by molar-refractivity contribution is -0.146. The second-order valence-corrected chi connectivity index (χ2v) is 4.94. The summed E-state index contributed by atoms with van der Waals surface area (Å²) in [6.45, 7) is 4.63. The maximum atomic E-state index is 11.4. The Morgan fingerprint density at radius 1 is 1.63 bits per heavy atom. The summed E-state index contributed by atoms with van der Waals surface area (Å²) in [4.78, 5) is 24.2. The molecule has 1 saturated heterocycles. The molecule has 1 aromatic rings. The van der Waals surface area contributed by atoms with E-state index in [-0.39, 0.29) is 25.0 Å². The second-order valence-electron chi connectivity index (χ2n) is 4.94. The summed E-state index contributed by atoms with van der Waals surface area (Å²) in [5, 5.41) is 16.1. The molecule has 2 N–H and O–H groups in total. The van der Waals surface area contributed by atoms with Gasteiger partial charge in [0.1, 0.15) is 6.04 Å². The molecule has 7 nitrogen and oxygen atoms in total. The standard InChI is InChI=1S/C12H18N4O3/c1-8(2)16-4-3-9(14-16)6-15-7-11(17)13-5-10(15)12(18)19/h3-4,8,10H,5-7H2,1-2H3,(H,13,17)(H,18,19). The summed E-state index contributed by atoms with van der Waals surface area (Å²) >= 11 is 0. The zero-order valence-corrected chi connectivity index (χ0v) is 11.0. The maximum Gasteiger partial charge on any atom is 0.322 e. The lowest BCUT2D eigenvalue weighted by Gasteiger charge is -2.31. The van der Waals surface area contributed by atoms with Crippen LogP contribution in [0.25, 0.3) is 0 Å². The third-order valence-electron chi connectivity index (χ3n) is 3.12. The smallest absolute Gasteiger partial charge is 0.322 e. The molecule has 1 unspecified atom stereocenters. The number of hydrogen-bond acceptors (Lipinski definition) is 4. The number of aromatic nitrogens is 2. The number of aliphatic carboxylic acids is 1. The van der Waals surface area contributed by atoms with Gasteiger partial charge < -0.3 is 10.4 Å². The number of carbonyl (C=O) groups is 2. The fourth-order valence-electron chi connectivity index (χ4n) is 2.06. The molecule has 0 spiro atoms. The highest BCUT2D eigenvalue weighted by molar-refractivity contribution is 5.83. The van der Waals surface area contributed by atoms with Gasteiger partial charge in [0.2, 0.25) is 5.91 Å². The number of carbonyl (C=O) groups excluding carboxylic acids is 1. The van der Waals surface area contributed by atoms with Crippen LogP contribution >= 0.6 is 0 Å². The first-order valence-corrected chi connectivity index (χ1v) is 6.25. The van der Waals surface area contributed by atoms with Crippen LogP contribution in [0.2, 0.25) is 0 Å². The van der Waals surface area contributed by atoms with Crippen molar-refractivity contribution in [2.45, 2.75) is 32.5 Å². The van der Waals surface area contributed by atoms with Crippen molar-refractivity contribution in [3.63, 3.8) is 0 Å². The minimum atomic E-state index is -0.928. The molecule has 0 aliphatic carbocycles. The lowest BCUT2D eigenvalue weighted by atomic mass is 10.2. The van der Waals surface area contributed by atoms with E-state index < -0.39 is 12.0 Å². The number of nitrogens with zero attached hydrogens (tertiary/aromatic N) is 3. The fourth-order valence-corrected chi connectivity index (χ4v) is 2.06. The number of amides is 1. The Morgan fingerprint density at radius 3 is 2.95 bits per heavy atom. The molecule has 1 aliphatic rings. The van der Waals surface area contributed by atoms with Crippen molar-refractivity contribution in [2.75, 3.05) is 13.1 Å². The van der Waals surface area contributed by atoms with Crippen molar-refractivity contribution in [1.29, 1.82) is 0 Å². The summed E-state index contributed by atoms with van der Waals surface area (Å²) in [7, 11) is 0. The van der Waals surface area contributed by atoms with Gasteiger partial charge in [0.05, 0.1) is 12.2 Å². The predicted octanol–water partition coefficient (Wildman–Crippen LogP) is -0.151. The third kappa shape index (κ3) is 3.11. The van der Waals surface area contributed by atoms with E-state index in [1.807, 2.05) is 30.8 Å². The summed E-state index contributed by atoms with van der Waals surface area (Å²) in [5.41, 5.74) is 0.773. The Balaban J connectivity index is 2.09. The molecule has 2 heterocycles. The number of rotatable bonds is 4. The van der Waals surface area contributed by atoms with Crippen molar-refractivity contribution in [2.24, 2.45) is 0 Å². The quantitative estimate of drug-likeness (QED) is 0.791. The molecular weight excluding hydrogens is 248 g/mol. The van der Waals surface area contributed by atoms with E-state index in [0.717, 1.165) is 5.69 Å².